The number of ether oxygens (including phenoxy) is 1. The molecule has 0 heterocycles. The summed E-state index contributed by atoms with van der Waals surface area (Å²) in [6.07, 6.45) is 0. The molecule has 0 saturated carbocycles. The second-order valence-electron chi connectivity index (χ2n) is 2.54. The lowest BCUT2D eigenvalue weighted by molar-refractivity contribution is 0.329. The Morgan fingerprint density at radius 3 is 2.73 bits per heavy atom. The third kappa shape index (κ3) is 3.63. The van der Waals surface area contributed by atoms with Crippen molar-refractivity contribution in [3.8, 4) is 5.75 Å². The number of hydrogen-bond acceptors (Lipinski definition) is 1. The van der Waals surface area contributed by atoms with Crippen LogP contribution in [0, 0.1) is 11.6 Å². The lowest BCUT2D eigenvalue weighted by atomic mass is 10.3. The smallest absolute Gasteiger partial charge is 0.200 e. The fraction of sp³-hybridized carbons (Fsp3) is 0.111. The van der Waals surface area contributed by atoms with Crippen LogP contribution in [0.5, 0.6) is 5.75 Å². The van der Waals surface area contributed by atoms with Gasteiger partial charge in [-0.25, -0.2) is 4.39 Å². The molecule has 0 aliphatic carbocycles. The van der Waals surface area contributed by atoms with Gasteiger partial charge in [-0.2, -0.15) is 4.39 Å². The predicted molar refractivity (Wildman–Crippen MR) is 59.3 cm³/mol. The van der Waals surface area contributed by atoms with E-state index < -0.39 is 11.6 Å². The van der Waals surface area contributed by atoms with Crippen molar-refractivity contribution in [1.82, 2.24) is 0 Å². The molecule has 0 bridgehead atoms. The molecule has 6 heteroatoms. The molecule has 0 amide bonds. The van der Waals surface area contributed by atoms with Crippen LogP contribution in [-0.2, 0) is 0 Å². The summed E-state index contributed by atoms with van der Waals surface area (Å²) in [7, 11) is 0. The maximum Gasteiger partial charge on any atom is 0.200 e. The molecular formula is C9H5BrCl2F2O. The summed E-state index contributed by atoms with van der Waals surface area (Å²) in [4.78, 5) is 0. The number of halogens is 5. The second kappa shape index (κ2) is 5.68. The topological polar surface area (TPSA) is 9.23 Å². The van der Waals surface area contributed by atoms with Gasteiger partial charge in [-0.15, -0.1) is 0 Å². The van der Waals surface area contributed by atoms with Crippen molar-refractivity contribution in [2.45, 2.75) is 0 Å². The molecule has 0 N–H and O–H groups in total. The van der Waals surface area contributed by atoms with Crippen molar-refractivity contribution in [1.29, 1.82) is 0 Å². The van der Waals surface area contributed by atoms with Crippen molar-refractivity contribution in [2.24, 2.45) is 0 Å². The molecular weight excluding hydrogens is 313 g/mol. The van der Waals surface area contributed by atoms with Gasteiger partial charge in [0.15, 0.2) is 11.6 Å². The van der Waals surface area contributed by atoms with Gasteiger partial charge >= 0.3 is 0 Å². The molecule has 0 aliphatic heterocycles. The Labute approximate surface area is 104 Å². The molecule has 1 rings (SSSR count). The van der Waals surface area contributed by atoms with E-state index in [0.29, 0.717) is 4.47 Å². The minimum atomic E-state index is -1.06. The van der Waals surface area contributed by atoms with E-state index in [1.165, 1.54) is 6.07 Å². The average Bonchev–Trinajstić information content (AvgIpc) is 2.20. The van der Waals surface area contributed by atoms with Gasteiger partial charge in [0.2, 0.25) is 5.82 Å². The van der Waals surface area contributed by atoms with Crippen LogP contribution < -0.4 is 4.74 Å². The predicted octanol–water partition coefficient (Wildman–Crippen LogP) is 4.43. The summed E-state index contributed by atoms with van der Waals surface area (Å²) < 4.78 is 31.3. The van der Waals surface area contributed by atoms with E-state index in [9.17, 15) is 8.78 Å². The summed E-state index contributed by atoms with van der Waals surface area (Å²) in [5.41, 5.74) is 1.09. The van der Waals surface area contributed by atoms with Gasteiger partial charge in [-0.05, 0) is 12.1 Å². The van der Waals surface area contributed by atoms with Crippen LogP contribution in [0.3, 0.4) is 0 Å². The molecule has 0 saturated heterocycles. The number of benzene rings is 1. The highest BCUT2D eigenvalue weighted by molar-refractivity contribution is 9.10. The van der Waals surface area contributed by atoms with Gasteiger partial charge in [0, 0.05) is 10.0 Å². The molecule has 15 heavy (non-hydrogen) atoms. The molecule has 1 aromatic rings. The van der Waals surface area contributed by atoms with Gasteiger partial charge in [-0.3, -0.25) is 0 Å². The first-order valence-corrected chi connectivity index (χ1v) is 5.37. The first-order chi connectivity index (χ1) is 7.04. The molecule has 1 nitrogen and oxygen atoms in total. The fourth-order valence-electron chi connectivity index (χ4n) is 0.816. The molecule has 0 fully saturated rings. The third-order valence-electron chi connectivity index (χ3n) is 1.44. The monoisotopic (exact) mass is 316 g/mol. The van der Waals surface area contributed by atoms with Crippen molar-refractivity contribution in [3.63, 3.8) is 0 Å². The van der Waals surface area contributed by atoms with E-state index in [-0.39, 0.29) is 17.4 Å². The highest BCUT2D eigenvalue weighted by Crippen LogP contribution is 2.25. The van der Waals surface area contributed by atoms with Crippen LogP contribution in [0.1, 0.15) is 0 Å². The van der Waals surface area contributed by atoms with Gasteiger partial charge in [0.1, 0.15) is 6.61 Å². The van der Waals surface area contributed by atoms with Crippen LogP contribution in [0.15, 0.2) is 27.2 Å². The standard InChI is InChI=1S/C9H5BrCl2F2O/c10-5-1-7(13)9(14)8(2-5)15-4-6(12)3-11/h1-3H,4H2/b6-3-. The third-order valence-corrected chi connectivity index (χ3v) is 2.49. The summed E-state index contributed by atoms with van der Waals surface area (Å²) in [6.45, 7) is -0.113. The molecule has 0 aromatic heterocycles. The Bertz CT molecular complexity index is 396. The van der Waals surface area contributed by atoms with Crippen LogP contribution in [0.25, 0.3) is 0 Å². The highest BCUT2D eigenvalue weighted by atomic mass is 79.9. The molecule has 0 radical (unpaired) electrons. The van der Waals surface area contributed by atoms with E-state index >= 15 is 0 Å². The van der Waals surface area contributed by atoms with Crippen molar-refractivity contribution >= 4 is 39.1 Å². The molecule has 82 valence electrons. The molecule has 0 spiro atoms. The van der Waals surface area contributed by atoms with E-state index in [1.807, 2.05) is 0 Å². The maximum atomic E-state index is 13.1. The normalized spacial score (nSPS) is 11.7. The summed E-state index contributed by atoms with van der Waals surface area (Å²) in [6, 6.07) is 2.30. The fourth-order valence-corrected chi connectivity index (χ4v) is 1.34. The van der Waals surface area contributed by atoms with E-state index in [0.717, 1.165) is 11.6 Å². The molecule has 0 aliphatic rings. The zero-order valence-corrected chi connectivity index (χ0v) is 10.3. The Morgan fingerprint density at radius 1 is 1.47 bits per heavy atom. The molecule has 0 unspecified atom stereocenters. The zero-order chi connectivity index (χ0) is 11.4. The van der Waals surface area contributed by atoms with Gasteiger partial charge in [0.05, 0.1) is 5.03 Å². The van der Waals surface area contributed by atoms with E-state index in [1.54, 1.807) is 0 Å². The Balaban J connectivity index is 2.85. The van der Waals surface area contributed by atoms with Crippen LogP contribution in [-0.4, -0.2) is 6.61 Å². The number of rotatable bonds is 3. The SMILES string of the molecule is Fc1cc(Br)cc(OC/C(Cl)=C/Cl)c1F. The average molecular weight is 318 g/mol. The summed E-state index contributed by atoms with van der Waals surface area (Å²) in [5, 5.41) is 0.191. The first kappa shape index (κ1) is 12.7. The van der Waals surface area contributed by atoms with Gasteiger partial charge in [-0.1, -0.05) is 39.1 Å². The van der Waals surface area contributed by atoms with Gasteiger partial charge < -0.3 is 4.74 Å². The Morgan fingerprint density at radius 2 is 2.13 bits per heavy atom. The summed E-state index contributed by atoms with van der Waals surface area (Å²) >= 11 is 13.8. The van der Waals surface area contributed by atoms with Crippen molar-refractivity contribution < 1.29 is 13.5 Å². The molecule has 0 atom stereocenters. The van der Waals surface area contributed by atoms with Crippen molar-refractivity contribution in [3.05, 3.63) is 38.8 Å². The quantitative estimate of drug-likeness (QED) is 0.750. The van der Waals surface area contributed by atoms with Crippen LogP contribution >= 0.6 is 39.1 Å². The van der Waals surface area contributed by atoms with Crippen LogP contribution in [0.2, 0.25) is 0 Å². The summed E-state index contributed by atoms with van der Waals surface area (Å²) in [5.74, 6) is -2.28. The second-order valence-corrected chi connectivity index (χ2v) is 4.16. The highest BCUT2D eigenvalue weighted by Gasteiger charge is 2.11. The minimum absolute atomic E-state index is 0.113. The lowest BCUT2D eigenvalue weighted by Crippen LogP contribution is -2.00. The number of hydrogen-bond donors (Lipinski definition) is 0. The largest absolute Gasteiger partial charge is 0.485 e. The minimum Gasteiger partial charge on any atom is -0.485 e. The Kier molecular flexibility index (Phi) is 4.83. The molecule has 1 aromatic carbocycles. The van der Waals surface area contributed by atoms with Gasteiger partial charge in [0.25, 0.3) is 0 Å². The Hall–Kier alpha value is -0.320. The maximum absolute atomic E-state index is 13.1. The van der Waals surface area contributed by atoms with E-state index in [2.05, 4.69) is 15.9 Å². The zero-order valence-electron chi connectivity index (χ0n) is 7.24. The van der Waals surface area contributed by atoms with Crippen molar-refractivity contribution in [2.75, 3.05) is 6.61 Å². The lowest BCUT2D eigenvalue weighted by Gasteiger charge is -2.07. The van der Waals surface area contributed by atoms with E-state index in [4.69, 9.17) is 27.9 Å². The first-order valence-electron chi connectivity index (χ1n) is 3.76. The van der Waals surface area contributed by atoms with Crippen LogP contribution in [0.4, 0.5) is 8.78 Å².